The Labute approximate surface area is 211 Å². The van der Waals surface area contributed by atoms with Gasteiger partial charge in [0.05, 0.1) is 22.3 Å². The average molecular weight is 507 g/mol. The van der Waals surface area contributed by atoms with Crippen LogP contribution in [-0.2, 0) is 4.79 Å². The van der Waals surface area contributed by atoms with Crippen molar-refractivity contribution in [1.82, 2.24) is 9.55 Å². The van der Waals surface area contributed by atoms with Crippen molar-refractivity contribution in [1.29, 1.82) is 0 Å². The Morgan fingerprint density at radius 1 is 0.972 bits per heavy atom. The summed E-state index contributed by atoms with van der Waals surface area (Å²) >= 11 is 1.01. The Hall–Kier alpha value is -3.72. The molecule has 1 aliphatic rings. The van der Waals surface area contributed by atoms with Gasteiger partial charge in [0.1, 0.15) is 11.6 Å². The second-order valence-electron chi connectivity index (χ2n) is 8.58. The molecule has 1 aliphatic heterocycles. The summed E-state index contributed by atoms with van der Waals surface area (Å²) in [6.07, 6.45) is 3.63. The fraction of sp³-hybridized carbons (Fsp3) is 0.222. The van der Waals surface area contributed by atoms with Crippen LogP contribution in [0.4, 0.5) is 20.2 Å². The highest BCUT2D eigenvalue weighted by Gasteiger charge is 2.18. The molecule has 184 valence electrons. The van der Waals surface area contributed by atoms with E-state index < -0.39 is 17.2 Å². The quantitative estimate of drug-likeness (QED) is 0.281. The number of amides is 1. The van der Waals surface area contributed by atoms with E-state index >= 15 is 0 Å². The fourth-order valence-corrected chi connectivity index (χ4v) is 5.12. The molecule has 1 fully saturated rings. The first-order valence-electron chi connectivity index (χ1n) is 11.7. The van der Waals surface area contributed by atoms with Gasteiger partial charge in [0.25, 0.3) is 5.56 Å². The van der Waals surface area contributed by atoms with Crippen LogP contribution in [0.1, 0.15) is 19.3 Å². The number of rotatable bonds is 6. The van der Waals surface area contributed by atoms with E-state index in [-0.39, 0.29) is 22.5 Å². The number of hydrogen-bond donors (Lipinski definition) is 1. The van der Waals surface area contributed by atoms with Gasteiger partial charge in [-0.3, -0.25) is 14.2 Å². The zero-order valence-electron chi connectivity index (χ0n) is 19.4. The lowest BCUT2D eigenvalue weighted by Gasteiger charge is -2.28. The predicted octanol–water partition coefficient (Wildman–Crippen LogP) is 5.39. The molecule has 1 aromatic heterocycles. The SMILES string of the molecule is O=C(CSc1nc2ccccc2c(=O)n1-c1ccc(F)cc1F)Nc1ccc(N2CCCCC2)cc1. The number of para-hydroxylation sites is 1. The van der Waals surface area contributed by atoms with Crippen LogP contribution < -0.4 is 15.8 Å². The summed E-state index contributed by atoms with van der Waals surface area (Å²) in [5, 5.41) is 3.29. The van der Waals surface area contributed by atoms with Crippen molar-refractivity contribution < 1.29 is 13.6 Å². The number of benzene rings is 3. The molecule has 3 aromatic carbocycles. The molecule has 2 heterocycles. The molecule has 4 aromatic rings. The minimum absolute atomic E-state index is 0.0541. The molecular weight excluding hydrogens is 482 g/mol. The van der Waals surface area contributed by atoms with Gasteiger partial charge in [-0.05, 0) is 67.8 Å². The Balaban J connectivity index is 1.36. The normalized spacial score (nSPS) is 13.7. The minimum atomic E-state index is -0.894. The molecule has 1 N–H and O–H groups in total. The number of nitrogens with zero attached hydrogens (tertiary/aromatic N) is 3. The zero-order chi connectivity index (χ0) is 25.1. The van der Waals surface area contributed by atoms with E-state index in [1.807, 2.05) is 24.3 Å². The summed E-state index contributed by atoms with van der Waals surface area (Å²) < 4.78 is 29.2. The van der Waals surface area contributed by atoms with Crippen LogP contribution in [0.25, 0.3) is 16.6 Å². The number of carbonyl (C=O) groups excluding carboxylic acids is 1. The lowest BCUT2D eigenvalue weighted by atomic mass is 10.1. The molecule has 6 nitrogen and oxygen atoms in total. The predicted molar refractivity (Wildman–Crippen MR) is 139 cm³/mol. The number of piperidine rings is 1. The number of anilines is 2. The Morgan fingerprint density at radius 2 is 1.72 bits per heavy atom. The van der Waals surface area contributed by atoms with Crippen LogP contribution >= 0.6 is 11.8 Å². The van der Waals surface area contributed by atoms with Gasteiger partial charge in [0.2, 0.25) is 5.91 Å². The number of nitrogens with one attached hydrogen (secondary N) is 1. The van der Waals surface area contributed by atoms with Gasteiger partial charge >= 0.3 is 0 Å². The third kappa shape index (κ3) is 5.11. The highest BCUT2D eigenvalue weighted by Crippen LogP contribution is 2.25. The summed E-state index contributed by atoms with van der Waals surface area (Å²) in [4.78, 5) is 32.8. The van der Waals surface area contributed by atoms with Crippen molar-refractivity contribution >= 4 is 39.9 Å². The van der Waals surface area contributed by atoms with Gasteiger partial charge in [0.15, 0.2) is 5.16 Å². The molecule has 1 amide bonds. The van der Waals surface area contributed by atoms with Crippen LogP contribution in [0, 0.1) is 11.6 Å². The highest BCUT2D eigenvalue weighted by molar-refractivity contribution is 7.99. The van der Waals surface area contributed by atoms with Gasteiger partial charge in [0, 0.05) is 30.5 Å². The topological polar surface area (TPSA) is 67.2 Å². The number of hydrogen-bond acceptors (Lipinski definition) is 5. The van der Waals surface area contributed by atoms with Gasteiger partial charge in [-0.1, -0.05) is 23.9 Å². The van der Waals surface area contributed by atoms with Gasteiger partial charge in [-0.25, -0.2) is 13.8 Å². The number of halogens is 2. The highest BCUT2D eigenvalue weighted by atomic mass is 32.2. The van der Waals surface area contributed by atoms with E-state index in [0.717, 1.165) is 41.2 Å². The van der Waals surface area contributed by atoms with E-state index in [1.54, 1.807) is 24.3 Å². The van der Waals surface area contributed by atoms with E-state index in [9.17, 15) is 18.4 Å². The third-order valence-corrected chi connectivity index (χ3v) is 7.04. The third-order valence-electron chi connectivity index (χ3n) is 6.10. The molecule has 0 atom stereocenters. The number of aromatic nitrogens is 2. The van der Waals surface area contributed by atoms with E-state index in [2.05, 4.69) is 15.2 Å². The molecule has 5 rings (SSSR count). The number of fused-ring (bicyclic) bond motifs is 1. The first-order valence-corrected chi connectivity index (χ1v) is 12.7. The molecule has 0 saturated carbocycles. The molecule has 36 heavy (non-hydrogen) atoms. The summed E-state index contributed by atoms with van der Waals surface area (Å²) in [5.41, 5.74) is 1.60. The summed E-state index contributed by atoms with van der Waals surface area (Å²) in [6, 6.07) is 17.4. The van der Waals surface area contributed by atoms with Gasteiger partial charge in [-0.2, -0.15) is 0 Å². The van der Waals surface area contributed by atoms with Gasteiger partial charge in [-0.15, -0.1) is 0 Å². The molecule has 0 unspecified atom stereocenters. The average Bonchev–Trinajstić information content (AvgIpc) is 2.89. The van der Waals surface area contributed by atoms with Crippen LogP contribution in [0.3, 0.4) is 0 Å². The Kier molecular flexibility index (Phi) is 6.99. The molecule has 1 saturated heterocycles. The van der Waals surface area contributed by atoms with Crippen molar-refractivity contribution in [3.8, 4) is 5.69 Å². The minimum Gasteiger partial charge on any atom is -0.372 e. The smallest absolute Gasteiger partial charge is 0.266 e. The van der Waals surface area contributed by atoms with Crippen LogP contribution in [0.2, 0.25) is 0 Å². The molecule has 0 spiro atoms. The zero-order valence-corrected chi connectivity index (χ0v) is 20.2. The fourth-order valence-electron chi connectivity index (χ4n) is 4.32. The number of carbonyl (C=O) groups is 1. The molecular formula is C27H24F2N4O2S. The lowest BCUT2D eigenvalue weighted by molar-refractivity contribution is -0.113. The first-order chi connectivity index (χ1) is 17.5. The maximum absolute atomic E-state index is 14.6. The van der Waals surface area contributed by atoms with Gasteiger partial charge < -0.3 is 10.2 Å². The maximum Gasteiger partial charge on any atom is 0.266 e. The first kappa shape index (κ1) is 24.0. The molecule has 0 bridgehead atoms. The lowest BCUT2D eigenvalue weighted by Crippen LogP contribution is -2.29. The molecule has 0 radical (unpaired) electrons. The summed E-state index contributed by atoms with van der Waals surface area (Å²) in [6.45, 7) is 2.08. The van der Waals surface area contributed by atoms with Crippen molar-refractivity contribution in [2.75, 3.05) is 29.1 Å². The largest absolute Gasteiger partial charge is 0.372 e. The van der Waals surface area contributed by atoms with Crippen LogP contribution in [0.15, 0.2) is 76.7 Å². The molecule has 0 aliphatic carbocycles. The van der Waals surface area contributed by atoms with Crippen molar-refractivity contribution in [2.45, 2.75) is 24.4 Å². The number of thioether (sulfide) groups is 1. The van der Waals surface area contributed by atoms with Crippen molar-refractivity contribution in [3.05, 3.63) is 88.7 Å². The Bertz CT molecular complexity index is 1470. The summed E-state index contributed by atoms with van der Waals surface area (Å²) in [5.74, 6) is -1.99. The van der Waals surface area contributed by atoms with Crippen molar-refractivity contribution in [2.24, 2.45) is 0 Å². The molecule has 9 heteroatoms. The van der Waals surface area contributed by atoms with Crippen molar-refractivity contribution in [3.63, 3.8) is 0 Å². The summed E-state index contributed by atoms with van der Waals surface area (Å²) in [7, 11) is 0. The van der Waals surface area contributed by atoms with Crippen LogP contribution in [0.5, 0.6) is 0 Å². The van der Waals surface area contributed by atoms with E-state index in [1.165, 1.54) is 25.3 Å². The van der Waals surface area contributed by atoms with E-state index in [0.29, 0.717) is 22.7 Å². The second kappa shape index (κ2) is 10.5. The van der Waals surface area contributed by atoms with Crippen LogP contribution in [-0.4, -0.2) is 34.3 Å². The standard InChI is InChI=1S/C27H24F2N4O2S/c28-18-8-13-24(22(29)16-18)33-26(35)21-6-2-3-7-23(21)31-27(33)36-17-25(34)30-19-9-11-20(12-10-19)32-14-4-1-5-15-32/h2-3,6-13,16H,1,4-5,14-15,17H2,(H,30,34). The van der Waals surface area contributed by atoms with E-state index in [4.69, 9.17) is 0 Å². The monoisotopic (exact) mass is 506 g/mol. The second-order valence-corrected chi connectivity index (χ2v) is 9.52. The maximum atomic E-state index is 14.6. The Morgan fingerprint density at radius 3 is 2.47 bits per heavy atom.